The van der Waals surface area contributed by atoms with Crippen LogP contribution in [0.2, 0.25) is 0 Å². The molecule has 20 heavy (non-hydrogen) atoms. The van der Waals surface area contributed by atoms with Crippen molar-refractivity contribution < 1.29 is 9.90 Å². The van der Waals surface area contributed by atoms with Gasteiger partial charge in [0.15, 0.2) is 0 Å². The number of nitrogens with zero attached hydrogens (tertiary/aromatic N) is 1. The average Bonchev–Trinajstić information content (AvgIpc) is 2.40. The van der Waals surface area contributed by atoms with Crippen molar-refractivity contribution in [2.24, 2.45) is 7.05 Å². The van der Waals surface area contributed by atoms with E-state index in [0.29, 0.717) is 5.56 Å². The normalized spacial score (nSPS) is 11.2. The van der Waals surface area contributed by atoms with E-state index in [1.165, 1.54) is 4.57 Å². The predicted molar refractivity (Wildman–Crippen MR) is 79.6 cm³/mol. The molecule has 0 aliphatic rings. The van der Waals surface area contributed by atoms with Gasteiger partial charge in [0, 0.05) is 12.4 Å². The molecule has 0 radical (unpaired) electrons. The maximum absolute atomic E-state index is 12.4. The van der Waals surface area contributed by atoms with Crippen molar-refractivity contribution in [2.75, 3.05) is 0 Å². The summed E-state index contributed by atoms with van der Waals surface area (Å²) in [6.45, 7) is 5.86. The molecule has 2 rings (SSSR count). The molecule has 1 N–H and O–H groups in total. The molecule has 1 aromatic carbocycles. The molecule has 0 aliphatic heterocycles. The van der Waals surface area contributed by atoms with Gasteiger partial charge in [0.2, 0.25) is 0 Å². The number of aryl methyl sites for hydroxylation is 2. The average molecular weight is 273 g/mol. The third kappa shape index (κ3) is 2.01. The van der Waals surface area contributed by atoms with E-state index in [1.807, 2.05) is 39.0 Å². The van der Waals surface area contributed by atoms with Crippen LogP contribution in [0.1, 0.15) is 48.2 Å². The lowest BCUT2D eigenvalue weighted by molar-refractivity contribution is 0.0693. The number of aromatic nitrogens is 1. The fraction of sp³-hybridized carbons (Fsp3) is 0.375. The summed E-state index contributed by atoms with van der Waals surface area (Å²) in [6.07, 6.45) is 0.800. The number of hydrogen-bond acceptors (Lipinski definition) is 2. The maximum Gasteiger partial charge on any atom is 0.341 e. The van der Waals surface area contributed by atoms with Crippen molar-refractivity contribution in [3.63, 3.8) is 0 Å². The Balaban J connectivity index is 3.12. The molecule has 4 heteroatoms. The standard InChI is InChI=1S/C16H19NO3/c1-5-10-7-6-8-11-12(9(2)3)13(16(19)20)15(18)17(4)14(10)11/h6-9H,5H2,1-4H3,(H,19,20). The van der Waals surface area contributed by atoms with Crippen LogP contribution in [-0.4, -0.2) is 15.6 Å². The minimum absolute atomic E-state index is 0.0235. The minimum atomic E-state index is -1.15. The minimum Gasteiger partial charge on any atom is -0.477 e. The van der Waals surface area contributed by atoms with Crippen LogP contribution >= 0.6 is 0 Å². The topological polar surface area (TPSA) is 59.3 Å². The van der Waals surface area contributed by atoms with Crippen LogP contribution in [0.15, 0.2) is 23.0 Å². The number of benzene rings is 1. The van der Waals surface area contributed by atoms with Gasteiger partial charge >= 0.3 is 5.97 Å². The Hall–Kier alpha value is -2.10. The number of fused-ring (bicyclic) bond motifs is 1. The molecule has 0 saturated carbocycles. The van der Waals surface area contributed by atoms with Crippen molar-refractivity contribution in [1.29, 1.82) is 0 Å². The van der Waals surface area contributed by atoms with Crippen LogP contribution in [0.5, 0.6) is 0 Å². The molecule has 1 heterocycles. The second-order valence-corrected chi connectivity index (χ2v) is 5.28. The first kappa shape index (κ1) is 14.3. The van der Waals surface area contributed by atoms with Crippen LogP contribution in [0.3, 0.4) is 0 Å². The van der Waals surface area contributed by atoms with E-state index >= 15 is 0 Å². The van der Waals surface area contributed by atoms with Crippen LogP contribution in [0, 0.1) is 0 Å². The van der Waals surface area contributed by atoms with Gasteiger partial charge in [0.25, 0.3) is 5.56 Å². The lowest BCUT2D eigenvalue weighted by Gasteiger charge is -2.18. The van der Waals surface area contributed by atoms with Crippen LogP contribution < -0.4 is 5.56 Å². The number of carboxylic acids is 1. The van der Waals surface area contributed by atoms with E-state index in [1.54, 1.807) is 7.05 Å². The number of carbonyl (C=O) groups is 1. The number of pyridine rings is 1. The van der Waals surface area contributed by atoms with Crippen LogP contribution in [0.4, 0.5) is 0 Å². The van der Waals surface area contributed by atoms with Gasteiger partial charge in [0.1, 0.15) is 5.56 Å². The van der Waals surface area contributed by atoms with E-state index < -0.39 is 11.5 Å². The lowest BCUT2D eigenvalue weighted by atomic mass is 9.92. The molecule has 4 nitrogen and oxygen atoms in total. The zero-order chi connectivity index (χ0) is 15.0. The number of carboxylic acid groups (broad SMARTS) is 1. The van der Waals surface area contributed by atoms with Gasteiger partial charge in [-0.3, -0.25) is 4.79 Å². The predicted octanol–water partition coefficient (Wildman–Crippen LogP) is 2.92. The highest BCUT2D eigenvalue weighted by Gasteiger charge is 2.23. The van der Waals surface area contributed by atoms with Crippen molar-refractivity contribution >= 4 is 16.9 Å². The summed E-state index contributed by atoms with van der Waals surface area (Å²) in [5, 5.41) is 10.3. The van der Waals surface area contributed by atoms with E-state index in [4.69, 9.17) is 0 Å². The number of rotatable bonds is 3. The summed E-state index contributed by atoms with van der Waals surface area (Å²) in [5.41, 5.74) is 1.98. The van der Waals surface area contributed by atoms with Crippen LogP contribution in [0.25, 0.3) is 10.9 Å². The van der Waals surface area contributed by atoms with Gasteiger partial charge < -0.3 is 9.67 Å². The molecule has 0 atom stereocenters. The highest BCUT2D eigenvalue weighted by molar-refractivity contribution is 5.97. The molecule has 0 spiro atoms. The molecule has 0 unspecified atom stereocenters. The quantitative estimate of drug-likeness (QED) is 0.935. The molecular weight excluding hydrogens is 254 g/mol. The van der Waals surface area contributed by atoms with Gasteiger partial charge in [-0.15, -0.1) is 0 Å². The molecule has 1 aromatic heterocycles. The van der Waals surface area contributed by atoms with Crippen LogP contribution in [-0.2, 0) is 13.5 Å². The van der Waals surface area contributed by atoms with Gasteiger partial charge in [-0.1, -0.05) is 39.0 Å². The van der Waals surface area contributed by atoms with E-state index in [0.717, 1.165) is 22.9 Å². The number of hydrogen-bond donors (Lipinski definition) is 1. The summed E-state index contributed by atoms with van der Waals surface area (Å²) in [6, 6.07) is 5.80. The molecule has 0 bridgehead atoms. The monoisotopic (exact) mass is 273 g/mol. The molecule has 106 valence electrons. The molecule has 0 amide bonds. The van der Waals surface area contributed by atoms with Gasteiger partial charge in [0.05, 0.1) is 5.52 Å². The molecule has 0 fully saturated rings. The van der Waals surface area contributed by atoms with E-state index in [2.05, 4.69) is 0 Å². The first-order valence-corrected chi connectivity index (χ1v) is 6.77. The molecular formula is C16H19NO3. The summed E-state index contributed by atoms with van der Waals surface area (Å²) in [7, 11) is 1.64. The Morgan fingerprint density at radius 3 is 2.50 bits per heavy atom. The SMILES string of the molecule is CCc1cccc2c(C(C)C)c(C(=O)O)c(=O)n(C)c12. The first-order chi connectivity index (χ1) is 9.40. The summed E-state index contributed by atoms with van der Waals surface area (Å²) < 4.78 is 1.46. The Morgan fingerprint density at radius 1 is 1.35 bits per heavy atom. The summed E-state index contributed by atoms with van der Waals surface area (Å²) in [4.78, 5) is 23.9. The fourth-order valence-electron chi connectivity index (χ4n) is 2.82. The summed E-state index contributed by atoms with van der Waals surface area (Å²) in [5.74, 6) is -1.18. The molecule has 0 aliphatic carbocycles. The second-order valence-electron chi connectivity index (χ2n) is 5.28. The van der Waals surface area contributed by atoms with E-state index in [9.17, 15) is 14.7 Å². The lowest BCUT2D eigenvalue weighted by Crippen LogP contribution is -2.28. The third-order valence-electron chi connectivity index (χ3n) is 3.71. The Morgan fingerprint density at radius 2 is 2.00 bits per heavy atom. The highest BCUT2D eigenvalue weighted by Crippen LogP contribution is 2.29. The van der Waals surface area contributed by atoms with Gasteiger partial charge in [-0.2, -0.15) is 0 Å². The van der Waals surface area contributed by atoms with Gasteiger partial charge in [-0.25, -0.2) is 4.79 Å². The zero-order valence-electron chi connectivity index (χ0n) is 12.2. The number of para-hydroxylation sites is 1. The number of aromatic carboxylic acids is 1. The third-order valence-corrected chi connectivity index (χ3v) is 3.71. The van der Waals surface area contributed by atoms with Crippen molar-refractivity contribution in [3.05, 3.63) is 45.2 Å². The summed E-state index contributed by atoms with van der Waals surface area (Å²) >= 11 is 0. The Labute approximate surface area is 117 Å². The van der Waals surface area contributed by atoms with Crippen molar-refractivity contribution in [2.45, 2.75) is 33.1 Å². The highest BCUT2D eigenvalue weighted by atomic mass is 16.4. The maximum atomic E-state index is 12.4. The Kier molecular flexibility index (Phi) is 3.66. The molecule has 2 aromatic rings. The van der Waals surface area contributed by atoms with E-state index in [-0.39, 0.29) is 11.5 Å². The molecule has 0 saturated heterocycles. The first-order valence-electron chi connectivity index (χ1n) is 6.77. The smallest absolute Gasteiger partial charge is 0.341 e. The van der Waals surface area contributed by atoms with Crippen molar-refractivity contribution in [1.82, 2.24) is 4.57 Å². The van der Waals surface area contributed by atoms with Gasteiger partial charge in [-0.05, 0) is 23.5 Å². The zero-order valence-corrected chi connectivity index (χ0v) is 12.2. The Bertz CT molecular complexity index is 741. The largest absolute Gasteiger partial charge is 0.477 e. The van der Waals surface area contributed by atoms with Crippen molar-refractivity contribution in [3.8, 4) is 0 Å². The second kappa shape index (κ2) is 5.12. The fourth-order valence-corrected chi connectivity index (χ4v) is 2.82.